The first-order valence-electron chi connectivity index (χ1n) is 36.9. The molecule has 0 fully saturated rings. The molecule has 3 nitrogen and oxygen atoms in total. The number of fused-ring (bicyclic) bond motifs is 22. The summed E-state index contributed by atoms with van der Waals surface area (Å²) in [5.41, 5.74) is 30.0. The van der Waals surface area contributed by atoms with Crippen molar-refractivity contribution in [3.05, 3.63) is 208 Å². The van der Waals surface area contributed by atoms with Gasteiger partial charge in [0.1, 0.15) is 22.3 Å². The third-order valence-electron chi connectivity index (χ3n) is 23.6. The van der Waals surface area contributed by atoms with Gasteiger partial charge in [0.25, 0.3) is 0 Å². The van der Waals surface area contributed by atoms with E-state index in [1.165, 1.54) is 252 Å². The number of benzene rings is 9. The van der Waals surface area contributed by atoms with Crippen LogP contribution in [0.1, 0.15) is 254 Å². The van der Waals surface area contributed by atoms with Crippen molar-refractivity contribution < 1.29 is 8.83 Å². The molecule has 11 aromatic rings. The molecule has 9 aromatic carbocycles. The maximum atomic E-state index is 7.60. The molecule has 0 unspecified atom stereocenters. The summed E-state index contributed by atoms with van der Waals surface area (Å²) in [6, 6.07) is 63.9. The van der Waals surface area contributed by atoms with Crippen LogP contribution in [0.2, 0.25) is 0 Å². The van der Waals surface area contributed by atoms with E-state index in [1.54, 1.807) is 16.7 Å². The SMILES string of the molecule is CCCCCCCC1(CCCCCCC)c2cc(N(c3ccccc3)c3ccc4c(c3)C(C)(C)c3cc5c(cc3-4)C(C)(C)c3ccc4oc6ccccc6c4c3-5)ccc2-c2c1c1c(c3c2oc2ccccc23)-c2ccccc2C1(CCCCCCC)CCCCCCC. The highest BCUT2D eigenvalue weighted by Crippen LogP contribution is 2.68. The standard InChI is InChI=1S/C90H99NO2/c1-9-13-17-21-34-52-89(53-35-22-18-14-10-2)70-43-31-28-40-64(70)81-82-67-42-30-33-45-77(67)93-86(82)83-65-49-47-62(57-75(65)90(85(83)84(81)89,54-36-23-19-15-11-3)55-37-24-20-16-12-4)91(60-38-26-25-27-39-60)61-46-48-63-68-58-74-69(59-73(68)88(7,8)72(63)56-61)79-71(87(74,5)6)50-51-78-80(79)66-41-29-32-44-76(66)92-78/h25-33,38-51,56-59H,9-24,34-37,52-55H2,1-8H3. The number of furan rings is 2. The fraction of sp³-hybridized carbons (Fsp3) is 0.400. The minimum atomic E-state index is -0.268. The molecule has 0 bridgehead atoms. The van der Waals surface area contributed by atoms with Crippen LogP contribution in [0.5, 0.6) is 0 Å². The van der Waals surface area contributed by atoms with Crippen LogP contribution >= 0.6 is 0 Å². The molecular weight excluding hydrogens is 1130 g/mol. The van der Waals surface area contributed by atoms with E-state index in [9.17, 15) is 0 Å². The van der Waals surface area contributed by atoms with Crippen LogP contribution in [0.25, 0.3) is 88.4 Å². The third kappa shape index (κ3) is 9.91. The number of unbranched alkanes of at least 4 members (excludes halogenated alkanes) is 16. The zero-order valence-corrected chi connectivity index (χ0v) is 57.3. The van der Waals surface area contributed by atoms with Gasteiger partial charge in [-0.25, -0.2) is 0 Å². The van der Waals surface area contributed by atoms with Gasteiger partial charge in [-0.1, -0.05) is 281 Å². The largest absolute Gasteiger partial charge is 0.456 e. The van der Waals surface area contributed by atoms with Crippen LogP contribution in [-0.2, 0) is 21.7 Å². The monoisotopic (exact) mass is 1230 g/mol. The summed E-state index contributed by atoms with van der Waals surface area (Å²) in [5.74, 6) is 0. The molecule has 3 heteroatoms. The molecule has 0 saturated heterocycles. The van der Waals surface area contributed by atoms with Crippen molar-refractivity contribution in [2.24, 2.45) is 0 Å². The summed E-state index contributed by atoms with van der Waals surface area (Å²) >= 11 is 0. The normalized spacial score (nSPS) is 15.4. The summed E-state index contributed by atoms with van der Waals surface area (Å²) in [6.45, 7) is 19.3. The summed E-state index contributed by atoms with van der Waals surface area (Å²) in [7, 11) is 0. The Kier molecular flexibility index (Phi) is 16.5. The maximum absolute atomic E-state index is 7.60. The van der Waals surface area contributed by atoms with E-state index < -0.39 is 0 Å². The first-order valence-corrected chi connectivity index (χ1v) is 36.9. The Hall–Kier alpha value is -7.62. The average molecular weight is 1230 g/mol. The molecule has 476 valence electrons. The molecule has 0 N–H and O–H groups in total. The lowest BCUT2D eigenvalue weighted by atomic mass is 9.62. The van der Waals surface area contributed by atoms with E-state index in [0.29, 0.717) is 0 Å². The Morgan fingerprint density at radius 1 is 0.301 bits per heavy atom. The highest BCUT2D eigenvalue weighted by atomic mass is 16.3. The van der Waals surface area contributed by atoms with E-state index in [2.05, 4.69) is 224 Å². The van der Waals surface area contributed by atoms with Gasteiger partial charge in [0.05, 0.1) is 0 Å². The van der Waals surface area contributed by atoms with E-state index in [-0.39, 0.29) is 21.7 Å². The number of hydrogen-bond donors (Lipinski definition) is 0. The minimum Gasteiger partial charge on any atom is -0.456 e. The lowest BCUT2D eigenvalue weighted by Crippen LogP contribution is -2.33. The van der Waals surface area contributed by atoms with E-state index in [0.717, 1.165) is 35.2 Å². The van der Waals surface area contributed by atoms with Crippen LogP contribution in [0.15, 0.2) is 173 Å². The fourth-order valence-electron chi connectivity index (χ4n) is 18.9. The lowest BCUT2D eigenvalue weighted by Gasteiger charge is -2.40. The lowest BCUT2D eigenvalue weighted by molar-refractivity contribution is 0.369. The van der Waals surface area contributed by atoms with Crippen LogP contribution in [-0.4, -0.2) is 0 Å². The second kappa shape index (κ2) is 24.9. The van der Waals surface area contributed by atoms with Crippen molar-refractivity contribution in [2.75, 3.05) is 4.90 Å². The van der Waals surface area contributed by atoms with Gasteiger partial charge in [0.2, 0.25) is 0 Å². The maximum Gasteiger partial charge on any atom is 0.144 e. The quantitative estimate of drug-likeness (QED) is 0.0481. The Balaban J connectivity index is 0.941. The van der Waals surface area contributed by atoms with Crippen molar-refractivity contribution in [1.82, 2.24) is 0 Å². The van der Waals surface area contributed by atoms with Crippen LogP contribution in [0.4, 0.5) is 17.1 Å². The van der Waals surface area contributed by atoms with Gasteiger partial charge in [-0.05, 0) is 176 Å². The van der Waals surface area contributed by atoms with Gasteiger partial charge in [-0.15, -0.1) is 0 Å². The second-order valence-corrected chi connectivity index (χ2v) is 30.0. The highest BCUT2D eigenvalue weighted by molar-refractivity contribution is 6.21. The number of para-hydroxylation sites is 3. The Bertz CT molecular complexity index is 4570. The number of nitrogens with zero attached hydrogens (tertiary/aromatic N) is 1. The second-order valence-electron chi connectivity index (χ2n) is 30.0. The van der Waals surface area contributed by atoms with Crippen molar-refractivity contribution in [1.29, 1.82) is 0 Å². The van der Waals surface area contributed by atoms with Gasteiger partial charge in [-0.3, -0.25) is 0 Å². The van der Waals surface area contributed by atoms with Gasteiger partial charge in [0, 0.05) is 65.8 Å². The molecule has 2 aromatic heterocycles. The first kappa shape index (κ1) is 61.6. The topological polar surface area (TPSA) is 29.5 Å². The summed E-state index contributed by atoms with van der Waals surface area (Å²) < 4.78 is 14.2. The predicted molar refractivity (Wildman–Crippen MR) is 397 cm³/mol. The third-order valence-corrected chi connectivity index (χ3v) is 23.6. The van der Waals surface area contributed by atoms with Crippen molar-refractivity contribution in [3.63, 3.8) is 0 Å². The van der Waals surface area contributed by atoms with Crippen LogP contribution in [0.3, 0.4) is 0 Å². The summed E-state index contributed by atoms with van der Waals surface area (Å²) in [5, 5.41) is 5.04. The van der Waals surface area contributed by atoms with Gasteiger partial charge in [-0.2, -0.15) is 0 Å². The van der Waals surface area contributed by atoms with Crippen LogP contribution in [0, 0.1) is 0 Å². The Morgan fingerprint density at radius 3 is 1.39 bits per heavy atom. The van der Waals surface area contributed by atoms with E-state index >= 15 is 0 Å². The Morgan fingerprint density at radius 2 is 0.763 bits per heavy atom. The molecule has 0 amide bonds. The van der Waals surface area contributed by atoms with Gasteiger partial charge >= 0.3 is 0 Å². The minimum absolute atomic E-state index is 0.119. The zero-order chi connectivity index (χ0) is 63.6. The molecule has 4 aliphatic rings. The number of hydrogen-bond acceptors (Lipinski definition) is 3. The first-order chi connectivity index (χ1) is 45.5. The van der Waals surface area contributed by atoms with Crippen molar-refractivity contribution in [2.45, 2.75) is 231 Å². The smallest absolute Gasteiger partial charge is 0.144 e. The molecule has 4 aliphatic carbocycles. The molecular formula is C90H99NO2. The number of rotatable bonds is 27. The molecule has 2 heterocycles. The fourth-order valence-corrected chi connectivity index (χ4v) is 18.9. The molecule has 0 spiro atoms. The van der Waals surface area contributed by atoms with Crippen LogP contribution < -0.4 is 4.90 Å². The van der Waals surface area contributed by atoms with E-state index in [1.807, 2.05) is 0 Å². The molecule has 0 radical (unpaired) electrons. The molecule has 15 rings (SSSR count). The molecule has 0 saturated carbocycles. The molecule has 0 atom stereocenters. The molecule has 93 heavy (non-hydrogen) atoms. The van der Waals surface area contributed by atoms with E-state index in [4.69, 9.17) is 8.83 Å². The predicted octanol–water partition coefficient (Wildman–Crippen LogP) is 27.5. The summed E-state index contributed by atoms with van der Waals surface area (Å²) in [4.78, 5) is 2.61. The number of anilines is 3. The summed E-state index contributed by atoms with van der Waals surface area (Å²) in [6.07, 6.45) is 30.0. The molecule has 0 aliphatic heterocycles. The van der Waals surface area contributed by atoms with Gasteiger partial charge in [0.15, 0.2) is 0 Å². The van der Waals surface area contributed by atoms with Crippen molar-refractivity contribution >= 4 is 60.9 Å². The van der Waals surface area contributed by atoms with Gasteiger partial charge < -0.3 is 13.7 Å². The Labute approximate surface area is 555 Å². The highest BCUT2D eigenvalue weighted by Gasteiger charge is 2.54. The zero-order valence-electron chi connectivity index (χ0n) is 57.3. The average Bonchev–Trinajstić information content (AvgIpc) is 1.51. The van der Waals surface area contributed by atoms with Crippen molar-refractivity contribution in [3.8, 4) is 44.5 Å².